The third-order valence-electron chi connectivity index (χ3n) is 4.45. The van der Waals surface area contributed by atoms with E-state index in [0.717, 1.165) is 30.4 Å². The van der Waals surface area contributed by atoms with Crippen LogP contribution in [0.5, 0.6) is 11.5 Å². The summed E-state index contributed by atoms with van der Waals surface area (Å²) in [6.45, 7) is 12.1. The van der Waals surface area contributed by atoms with Crippen molar-refractivity contribution in [3.63, 3.8) is 0 Å². The van der Waals surface area contributed by atoms with Crippen LogP contribution in [-0.2, 0) is 13.7 Å². The average molecular weight is 391 g/mol. The fourth-order valence-electron chi connectivity index (χ4n) is 3.44. The maximum atomic E-state index is 6.12. The lowest BCUT2D eigenvalue weighted by Gasteiger charge is -2.26. The van der Waals surface area contributed by atoms with Gasteiger partial charge in [-0.2, -0.15) is 5.10 Å². The van der Waals surface area contributed by atoms with Crippen LogP contribution in [0.1, 0.15) is 39.6 Å². The van der Waals surface area contributed by atoms with Crippen LogP contribution < -0.4 is 9.47 Å². The first-order valence-electron chi connectivity index (χ1n) is 9.59. The highest BCUT2D eigenvalue weighted by Crippen LogP contribution is 2.35. The summed E-state index contributed by atoms with van der Waals surface area (Å²) in [5, 5.41) is 4.79. The van der Waals surface area contributed by atoms with E-state index in [1.54, 1.807) is 0 Å². The second-order valence-corrected chi connectivity index (χ2v) is 8.39. The summed E-state index contributed by atoms with van der Waals surface area (Å²) in [4.78, 5) is 2.41. The van der Waals surface area contributed by atoms with E-state index in [1.165, 1.54) is 0 Å². The number of hydrogen-bond donors (Lipinski definition) is 0. The molecule has 2 aromatic rings. The van der Waals surface area contributed by atoms with Crippen molar-refractivity contribution in [3.8, 4) is 11.5 Å². The lowest BCUT2D eigenvalue weighted by molar-refractivity contribution is 0.0819. The highest BCUT2D eigenvalue weighted by atomic mass is 32.1. The molecule has 6 nitrogen and oxygen atoms in total. The van der Waals surface area contributed by atoms with Crippen LogP contribution in [0, 0.1) is 16.6 Å². The van der Waals surface area contributed by atoms with Crippen LogP contribution in [0.15, 0.2) is 24.3 Å². The summed E-state index contributed by atoms with van der Waals surface area (Å²) in [6, 6.07) is 7.71. The summed E-state index contributed by atoms with van der Waals surface area (Å²) >= 11 is 5.65. The monoisotopic (exact) mass is 390 g/mol. The first-order chi connectivity index (χ1) is 12.8. The van der Waals surface area contributed by atoms with Crippen LogP contribution in [0.2, 0.25) is 0 Å². The van der Waals surface area contributed by atoms with Gasteiger partial charge in [-0.15, -0.1) is 0 Å². The molecule has 1 unspecified atom stereocenters. The van der Waals surface area contributed by atoms with Crippen molar-refractivity contribution in [2.24, 2.45) is 18.9 Å². The Morgan fingerprint density at radius 1 is 1.15 bits per heavy atom. The van der Waals surface area contributed by atoms with Gasteiger partial charge in [-0.05, 0) is 36.2 Å². The largest absolute Gasteiger partial charge is 0.485 e. The molecule has 0 aliphatic carbocycles. The van der Waals surface area contributed by atoms with Gasteiger partial charge in [0.1, 0.15) is 6.61 Å². The van der Waals surface area contributed by atoms with Gasteiger partial charge in [0.05, 0.1) is 6.67 Å². The molecule has 0 bridgehead atoms. The Kier molecular flexibility index (Phi) is 6.22. The van der Waals surface area contributed by atoms with Gasteiger partial charge in [0.25, 0.3) is 0 Å². The molecule has 1 aliphatic rings. The van der Waals surface area contributed by atoms with Gasteiger partial charge in [0, 0.05) is 20.1 Å². The van der Waals surface area contributed by atoms with Crippen molar-refractivity contribution in [1.82, 2.24) is 19.2 Å². The summed E-state index contributed by atoms with van der Waals surface area (Å²) < 4.78 is 16.5. The van der Waals surface area contributed by atoms with E-state index in [1.807, 2.05) is 40.6 Å². The maximum absolute atomic E-state index is 6.12. The molecule has 1 aromatic carbocycles. The molecule has 7 heteroatoms. The predicted molar refractivity (Wildman–Crippen MR) is 109 cm³/mol. The van der Waals surface area contributed by atoms with Crippen LogP contribution in [0.25, 0.3) is 0 Å². The number of aromatic nitrogens is 3. The second-order valence-electron chi connectivity index (χ2n) is 8.03. The molecule has 27 heavy (non-hydrogen) atoms. The Labute approximate surface area is 166 Å². The summed E-state index contributed by atoms with van der Waals surface area (Å²) in [5.41, 5.74) is 0. The van der Waals surface area contributed by atoms with Crippen LogP contribution in [0.4, 0.5) is 0 Å². The first kappa shape index (κ1) is 19.9. The van der Waals surface area contributed by atoms with Crippen molar-refractivity contribution in [2.75, 3.05) is 19.7 Å². The molecule has 2 heterocycles. The third-order valence-corrected chi connectivity index (χ3v) is 4.94. The van der Waals surface area contributed by atoms with E-state index in [2.05, 4.69) is 32.6 Å². The van der Waals surface area contributed by atoms with Crippen LogP contribution in [-0.4, -0.2) is 38.9 Å². The molecule has 1 aromatic heterocycles. The highest BCUT2D eigenvalue weighted by molar-refractivity contribution is 7.71. The number of ether oxygens (including phenoxy) is 2. The SMILES string of the molecule is CC(C)CN(CC(C)C)Cn1nc(C2COc3ccccc3O2)n(C)c1=S. The zero-order valence-corrected chi connectivity index (χ0v) is 17.7. The van der Waals surface area contributed by atoms with Crippen molar-refractivity contribution < 1.29 is 9.47 Å². The van der Waals surface area contributed by atoms with E-state index in [4.69, 9.17) is 26.8 Å². The van der Waals surface area contributed by atoms with Gasteiger partial charge >= 0.3 is 0 Å². The lowest BCUT2D eigenvalue weighted by Crippen LogP contribution is -2.33. The van der Waals surface area contributed by atoms with Crippen molar-refractivity contribution >= 4 is 12.2 Å². The van der Waals surface area contributed by atoms with Gasteiger partial charge in [0.2, 0.25) is 0 Å². The molecule has 148 valence electrons. The predicted octanol–water partition coefficient (Wildman–Crippen LogP) is 4.04. The maximum Gasteiger partial charge on any atom is 0.198 e. The second kappa shape index (κ2) is 8.44. The highest BCUT2D eigenvalue weighted by Gasteiger charge is 2.27. The molecule has 3 rings (SSSR count). The average Bonchev–Trinajstić information content (AvgIpc) is 2.88. The van der Waals surface area contributed by atoms with Gasteiger partial charge in [0.15, 0.2) is 28.2 Å². The Balaban J connectivity index is 1.80. The fraction of sp³-hybridized carbons (Fsp3) is 0.600. The molecule has 0 spiro atoms. The number of benzene rings is 1. The molecule has 0 radical (unpaired) electrons. The van der Waals surface area contributed by atoms with E-state index in [0.29, 0.717) is 29.9 Å². The van der Waals surface area contributed by atoms with Crippen LogP contribution in [0.3, 0.4) is 0 Å². The molecule has 0 N–H and O–H groups in total. The van der Waals surface area contributed by atoms with E-state index in [9.17, 15) is 0 Å². The molecule has 1 atom stereocenters. The van der Waals surface area contributed by atoms with Crippen molar-refractivity contribution in [2.45, 2.75) is 40.5 Å². The zero-order chi connectivity index (χ0) is 19.6. The van der Waals surface area contributed by atoms with Gasteiger partial charge in [-0.25, -0.2) is 4.68 Å². The molecule has 0 saturated carbocycles. The Morgan fingerprint density at radius 2 is 1.78 bits per heavy atom. The number of para-hydroxylation sites is 2. The number of hydrogen-bond acceptors (Lipinski definition) is 5. The third kappa shape index (κ3) is 4.71. The summed E-state index contributed by atoms with van der Waals surface area (Å²) in [5.74, 6) is 3.49. The Morgan fingerprint density at radius 3 is 2.41 bits per heavy atom. The molecular weight excluding hydrogens is 360 g/mol. The van der Waals surface area contributed by atoms with Gasteiger partial charge < -0.3 is 14.0 Å². The Bertz CT molecular complexity index is 818. The minimum absolute atomic E-state index is 0.267. The minimum atomic E-state index is -0.267. The Hall–Kier alpha value is -1.86. The smallest absolute Gasteiger partial charge is 0.198 e. The number of nitrogens with zero attached hydrogens (tertiary/aromatic N) is 4. The van der Waals surface area contributed by atoms with E-state index >= 15 is 0 Å². The fourth-order valence-corrected chi connectivity index (χ4v) is 3.63. The van der Waals surface area contributed by atoms with E-state index in [-0.39, 0.29) is 6.10 Å². The van der Waals surface area contributed by atoms with Crippen LogP contribution >= 0.6 is 12.2 Å². The topological polar surface area (TPSA) is 44.5 Å². The number of fused-ring (bicyclic) bond motifs is 1. The standard InChI is InChI=1S/C20H30N4O2S/c1-14(2)10-23(11-15(3)4)13-24-20(27)22(5)19(21-24)18-12-25-16-8-6-7-9-17(16)26-18/h6-9,14-15,18H,10-13H2,1-5H3. The van der Waals surface area contributed by atoms with Crippen molar-refractivity contribution in [3.05, 3.63) is 34.9 Å². The molecule has 0 amide bonds. The summed E-state index contributed by atoms with van der Waals surface area (Å²) in [6.07, 6.45) is -0.267. The molecule has 0 saturated heterocycles. The molecular formula is C20H30N4O2S. The number of rotatable bonds is 7. The zero-order valence-electron chi connectivity index (χ0n) is 16.9. The van der Waals surface area contributed by atoms with Crippen molar-refractivity contribution in [1.29, 1.82) is 0 Å². The normalized spacial score (nSPS) is 16.5. The molecule has 1 aliphatic heterocycles. The minimum Gasteiger partial charge on any atom is -0.485 e. The quantitative estimate of drug-likeness (QED) is 0.668. The van der Waals surface area contributed by atoms with E-state index < -0.39 is 0 Å². The van der Waals surface area contributed by atoms with Gasteiger partial charge in [-0.1, -0.05) is 39.8 Å². The lowest BCUT2D eigenvalue weighted by atomic mass is 10.1. The molecule has 0 fully saturated rings. The first-order valence-corrected chi connectivity index (χ1v) is 10.0. The van der Waals surface area contributed by atoms with Gasteiger partial charge in [-0.3, -0.25) is 4.90 Å². The summed E-state index contributed by atoms with van der Waals surface area (Å²) in [7, 11) is 1.94.